The zero-order valence-corrected chi connectivity index (χ0v) is 8.07. The summed E-state index contributed by atoms with van der Waals surface area (Å²) in [5.74, 6) is 0. The monoisotopic (exact) mass is 186 g/mol. The van der Waals surface area contributed by atoms with Gasteiger partial charge < -0.3 is 0 Å². The van der Waals surface area contributed by atoms with Crippen molar-refractivity contribution in [3.05, 3.63) is 17.5 Å². The highest BCUT2D eigenvalue weighted by Crippen LogP contribution is 2.20. The Morgan fingerprint density at radius 2 is 2.17 bits per heavy atom. The van der Waals surface area contributed by atoms with Crippen LogP contribution in [0.2, 0.25) is 0 Å². The van der Waals surface area contributed by atoms with Gasteiger partial charge in [0.2, 0.25) is 0 Å². The standard InChI is InChI=1S/C8H11ClN2O/c1-8(2,3)6-4-5(7(9)12)10-11-6/h4H,1-3H3,(H,10,11). The zero-order valence-electron chi connectivity index (χ0n) is 7.31. The maximum absolute atomic E-state index is 10.7. The van der Waals surface area contributed by atoms with E-state index in [9.17, 15) is 4.79 Å². The Kier molecular flexibility index (Phi) is 2.24. The van der Waals surface area contributed by atoms with Gasteiger partial charge >= 0.3 is 0 Å². The number of rotatable bonds is 1. The zero-order chi connectivity index (χ0) is 9.35. The van der Waals surface area contributed by atoms with E-state index in [1.807, 2.05) is 20.8 Å². The lowest BCUT2D eigenvalue weighted by Gasteiger charge is -2.14. The second-order valence-corrected chi connectivity index (χ2v) is 4.03. The average Bonchev–Trinajstić information content (AvgIpc) is 2.30. The summed E-state index contributed by atoms with van der Waals surface area (Å²) in [7, 11) is 0. The van der Waals surface area contributed by atoms with Gasteiger partial charge in [-0.3, -0.25) is 9.89 Å². The van der Waals surface area contributed by atoms with Gasteiger partial charge in [-0.25, -0.2) is 0 Å². The predicted octanol–water partition coefficient (Wildman–Crippen LogP) is 2.09. The van der Waals surface area contributed by atoms with Gasteiger partial charge in [0.1, 0.15) is 5.69 Å². The van der Waals surface area contributed by atoms with Crippen molar-refractivity contribution < 1.29 is 4.79 Å². The van der Waals surface area contributed by atoms with E-state index in [0.717, 1.165) is 5.69 Å². The molecule has 3 nitrogen and oxygen atoms in total. The molecule has 1 aromatic heterocycles. The predicted molar refractivity (Wildman–Crippen MR) is 47.5 cm³/mol. The van der Waals surface area contributed by atoms with Crippen molar-refractivity contribution in [2.45, 2.75) is 26.2 Å². The molecule has 0 radical (unpaired) electrons. The van der Waals surface area contributed by atoms with Crippen LogP contribution >= 0.6 is 11.6 Å². The fourth-order valence-corrected chi connectivity index (χ4v) is 0.903. The van der Waals surface area contributed by atoms with E-state index < -0.39 is 5.24 Å². The molecule has 0 aromatic carbocycles. The van der Waals surface area contributed by atoms with Gasteiger partial charge in [0.15, 0.2) is 0 Å². The van der Waals surface area contributed by atoms with Crippen molar-refractivity contribution in [2.75, 3.05) is 0 Å². The third kappa shape index (κ3) is 1.85. The van der Waals surface area contributed by atoms with Crippen molar-refractivity contribution in [1.82, 2.24) is 10.2 Å². The molecule has 12 heavy (non-hydrogen) atoms. The number of aromatic nitrogens is 2. The smallest absolute Gasteiger partial charge is 0.272 e. The summed E-state index contributed by atoms with van der Waals surface area (Å²) in [6, 6.07) is 1.68. The Labute approximate surface area is 76.1 Å². The van der Waals surface area contributed by atoms with Crippen LogP contribution < -0.4 is 0 Å². The van der Waals surface area contributed by atoms with Crippen molar-refractivity contribution in [2.24, 2.45) is 0 Å². The van der Waals surface area contributed by atoms with Crippen molar-refractivity contribution >= 4 is 16.8 Å². The van der Waals surface area contributed by atoms with Gasteiger partial charge in [-0.1, -0.05) is 20.8 Å². The Balaban J connectivity index is 3.00. The van der Waals surface area contributed by atoms with Crippen LogP contribution in [0.4, 0.5) is 0 Å². The molecule has 0 spiro atoms. The molecule has 0 aliphatic carbocycles. The number of halogens is 1. The number of nitrogens with one attached hydrogen (secondary N) is 1. The van der Waals surface area contributed by atoms with E-state index in [0.29, 0.717) is 0 Å². The molecular weight excluding hydrogens is 176 g/mol. The third-order valence-corrected chi connectivity index (χ3v) is 1.78. The van der Waals surface area contributed by atoms with Gasteiger partial charge in [0, 0.05) is 11.1 Å². The molecule has 0 saturated heterocycles. The minimum atomic E-state index is -0.526. The van der Waals surface area contributed by atoms with Crippen LogP contribution in [0.1, 0.15) is 37.0 Å². The summed E-state index contributed by atoms with van der Waals surface area (Å²) in [6.07, 6.45) is 0. The fraction of sp³-hybridized carbons (Fsp3) is 0.500. The van der Waals surface area contributed by atoms with E-state index >= 15 is 0 Å². The van der Waals surface area contributed by atoms with Gasteiger partial charge in [-0.2, -0.15) is 5.10 Å². The van der Waals surface area contributed by atoms with Crippen LogP contribution in [0.25, 0.3) is 0 Å². The van der Waals surface area contributed by atoms with Crippen LogP contribution in [0, 0.1) is 0 Å². The molecular formula is C8H11ClN2O. The quantitative estimate of drug-likeness (QED) is 0.683. The minimum Gasteiger partial charge on any atom is -0.281 e. The van der Waals surface area contributed by atoms with E-state index in [-0.39, 0.29) is 11.1 Å². The summed E-state index contributed by atoms with van der Waals surface area (Å²) in [4.78, 5) is 10.7. The summed E-state index contributed by atoms with van der Waals surface area (Å²) in [5, 5.41) is 6.02. The molecule has 1 heterocycles. The molecule has 1 rings (SSSR count). The number of carbonyl (C=O) groups is 1. The van der Waals surface area contributed by atoms with E-state index in [1.165, 1.54) is 0 Å². The second kappa shape index (κ2) is 2.90. The first-order valence-electron chi connectivity index (χ1n) is 3.67. The van der Waals surface area contributed by atoms with E-state index in [2.05, 4.69) is 10.2 Å². The maximum atomic E-state index is 10.7. The molecule has 0 bridgehead atoms. The maximum Gasteiger partial charge on any atom is 0.272 e. The first-order chi connectivity index (χ1) is 5.41. The number of nitrogens with zero attached hydrogens (tertiary/aromatic N) is 1. The van der Waals surface area contributed by atoms with E-state index in [4.69, 9.17) is 11.6 Å². The van der Waals surface area contributed by atoms with Gasteiger partial charge in [0.25, 0.3) is 5.24 Å². The number of aromatic amines is 1. The molecule has 66 valence electrons. The molecule has 0 saturated carbocycles. The van der Waals surface area contributed by atoms with Crippen LogP contribution in [0.15, 0.2) is 6.07 Å². The average molecular weight is 187 g/mol. The topological polar surface area (TPSA) is 45.8 Å². The highest BCUT2D eigenvalue weighted by atomic mass is 35.5. The molecule has 1 aromatic rings. The summed E-state index contributed by atoms with van der Waals surface area (Å²) in [6.45, 7) is 6.09. The molecule has 0 aliphatic heterocycles. The highest BCUT2D eigenvalue weighted by molar-refractivity contribution is 6.67. The first kappa shape index (κ1) is 9.26. The van der Waals surface area contributed by atoms with Gasteiger partial charge in [-0.05, 0) is 17.7 Å². The minimum absolute atomic E-state index is 0.0302. The van der Waals surface area contributed by atoms with Crippen molar-refractivity contribution in [3.63, 3.8) is 0 Å². The van der Waals surface area contributed by atoms with Crippen molar-refractivity contribution in [1.29, 1.82) is 0 Å². The van der Waals surface area contributed by atoms with Crippen LogP contribution in [-0.4, -0.2) is 15.4 Å². The second-order valence-electron chi connectivity index (χ2n) is 3.69. The molecule has 1 N–H and O–H groups in total. The largest absolute Gasteiger partial charge is 0.281 e. The lowest BCUT2D eigenvalue weighted by molar-refractivity contribution is 0.107. The first-order valence-corrected chi connectivity index (χ1v) is 4.05. The number of hydrogen-bond donors (Lipinski definition) is 1. The molecule has 4 heteroatoms. The van der Waals surface area contributed by atoms with Gasteiger partial charge in [-0.15, -0.1) is 0 Å². The third-order valence-electron chi connectivity index (χ3n) is 1.59. The normalized spacial score (nSPS) is 11.7. The number of H-pyrrole nitrogens is 1. The Morgan fingerprint density at radius 3 is 2.42 bits per heavy atom. The Bertz CT molecular complexity index is 298. The summed E-state index contributed by atoms with van der Waals surface area (Å²) >= 11 is 5.25. The fourth-order valence-electron chi connectivity index (χ4n) is 0.807. The number of carbonyl (C=O) groups excluding carboxylic acids is 1. The van der Waals surface area contributed by atoms with Crippen molar-refractivity contribution in [3.8, 4) is 0 Å². The molecule has 0 unspecified atom stereocenters. The Morgan fingerprint density at radius 1 is 1.58 bits per heavy atom. The summed E-state index contributed by atoms with van der Waals surface area (Å²) < 4.78 is 0. The van der Waals surface area contributed by atoms with Crippen LogP contribution in [0.5, 0.6) is 0 Å². The SMILES string of the molecule is CC(C)(C)c1cc(C(=O)Cl)n[nH]1. The van der Waals surface area contributed by atoms with Crippen LogP contribution in [0.3, 0.4) is 0 Å². The lowest BCUT2D eigenvalue weighted by atomic mass is 9.92. The summed E-state index contributed by atoms with van der Waals surface area (Å²) in [5.41, 5.74) is 1.16. The van der Waals surface area contributed by atoms with Crippen LogP contribution in [-0.2, 0) is 5.41 Å². The lowest BCUT2D eigenvalue weighted by Crippen LogP contribution is -2.11. The number of hydrogen-bond acceptors (Lipinski definition) is 2. The molecule has 0 fully saturated rings. The Hall–Kier alpha value is -0.830. The van der Waals surface area contributed by atoms with E-state index in [1.54, 1.807) is 6.07 Å². The molecule has 0 aliphatic rings. The molecule has 0 amide bonds. The molecule has 0 atom stereocenters. The highest BCUT2D eigenvalue weighted by Gasteiger charge is 2.18. The van der Waals surface area contributed by atoms with Gasteiger partial charge in [0.05, 0.1) is 0 Å².